The van der Waals surface area contributed by atoms with E-state index in [0.717, 1.165) is 12.8 Å². The van der Waals surface area contributed by atoms with E-state index in [1.807, 2.05) is 30.1 Å². The number of nitrogens with one attached hydrogen (secondary N) is 1. The minimum atomic E-state index is 0.0597. The molecule has 1 aliphatic carbocycles. The van der Waals surface area contributed by atoms with Gasteiger partial charge < -0.3 is 10.2 Å². The molecule has 0 heterocycles. The second-order valence-electron chi connectivity index (χ2n) is 6.48. The van der Waals surface area contributed by atoms with Gasteiger partial charge in [-0.2, -0.15) is 0 Å². The highest BCUT2D eigenvalue weighted by Crippen LogP contribution is 2.24. The summed E-state index contributed by atoms with van der Waals surface area (Å²) >= 11 is 0. The Morgan fingerprint density at radius 1 is 1.14 bits per heavy atom. The molecule has 1 aliphatic rings. The van der Waals surface area contributed by atoms with Crippen LogP contribution in [0.5, 0.6) is 0 Å². The van der Waals surface area contributed by atoms with Crippen molar-refractivity contribution >= 4 is 6.03 Å². The lowest BCUT2D eigenvalue weighted by Gasteiger charge is -2.33. The lowest BCUT2D eigenvalue weighted by Crippen LogP contribution is -2.46. The Balaban J connectivity index is 2.01. The monoisotopic (exact) mass is 288 g/mol. The van der Waals surface area contributed by atoms with Crippen molar-refractivity contribution in [1.29, 1.82) is 0 Å². The van der Waals surface area contributed by atoms with Crippen LogP contribution in [-0.4, -0.2) is 24.0 Å². The van der Waals surface area contributed by atoms with Crippen molar-refractivity contribution in [1.82, 2.24) is 10.2 Å². The molecular formula is C18H28N2O. The maximum Gasteiger partial charge on any atom is 0.317 e. The molecule has 0 spiro atoms. The Labute approximate surface area is 128 Å². The van der Waals surface area contributed by atoms with E-state index < -0.39 is 0 Å². The minimum Gasteiger partial charge on any atom is -0.331 e. The van der Waals surface area contributed by atoms with Crippen molar-refractivity contribution in [2.75, 3.05) is 7.05 Å². The van der Waals surface area contributed by atoms with Gasteiger partial charge in [0.05, 0.1) is 6.04 Å². The molecule has 1 aromatic carbocycles. The fourth-order valence-corrected chi connectivity index (χ4v) is 3.16. The van der Waals surface area contributed by atoms with Gasteiger partial charge in [0.2, 0.25) is 0 Å². The van der Waals surface area contributed by atoms with Gasteiger partial charge in [0.1, 0.15) is 0 Å². The summed E-state index contributed by atoms with van der Waals surface area (Å²) < 4.78 is 0. The summed E-state index contributed by atoms with van der Waals surface area (Å²) in [6, 6.07) is 10.8. The van der Waals surface area contributed by atoms with Crippen molar-refractivity contribution in [3.05, 3.63) is 35.9 Å². The Kier molecular flexibility index (Phi) is 5.66. The van der Waals surface area contributed by atoms with Crippen LogP contribution in [-0.2, 0) is 0 Å². The summed E-state index contributed by atoms with van der Waals surface area (Å²) in [5.41, 5.74) is 1.18. The fraction of sp³-hybridized carbons (Fsp3) is 0.611. The highest BCUT2D eigenvalue weighted by molar-refractivity contribution is 5.74. The van der Waals surface area contributed by atoms with Crippen molar-refractivity contribution < 1.29 is 4.79 Å². The number of rotatable bonds is 4. The van der Waals surface area contributed by atoms with Gasteiger partial charge in [-0.15, -0.1) is 0 Å². The molecule has 116 valence electrons. The second-order valence-corrected chi connectivity index (χ2v) is 6.48. The second kappa shape index (κ2) is 7.48. The third-order valence-electron chi connectivity index (χ3n) is 4.55. The molecule has 0 bridgehead atoms. The van der Waals surface area contributed by atoms with Crippen LogP contribution in [0.3, 0.4) is 0 Å². The van der Waals surface area contributed by atoms with Crippen LogP contribution in [0.1, 0.15) is 57.6 Å². The standard InChI is InChI=1S/C18H28N2O/c1-14(2)17(15-10-6-4-7-11-15)19-18(21)20(3)16-12-8-5-9-13-16/h4,6-7,10-11,14,16-17H,5,8-9,12-13H2,1-3H3,(H,19,21). The van der Waals surface area contributed by atoms with Gasteiger partial charge in [-0.05, 0) is 24.3 Å². The van der Waals surface area contributed by atoms with Crippen molar-refractivity contribution in [3.63, 3.8) is 0 Å². The SMILES string of the molecule is CC(C)C(NC(=O)N(C)C1CCCCC1)c1ccccc1. The van der Waals surface area contributed by atoms with Gasteiger partial charge in [0.25, 0.3) is 0 Å². The maximum atomic E-state index is 12.5. The van der Waals surface area contributed by atoms with E-state index in [-0.39, 0.29) is 12.1 Å². The molecule has 1 unspecified atom stereocenters. The number of carbonyl (C=O) groups is 1. The fourth-order valence-electron chi connectivity index (χ4n) is 3.16. The Bertz CT molecular complexity index is 438. The summed E-state index contributed by atoms with van der Waals surface area (Å²) in [6.07, 6.45) is 6.08. The molecule has 0 radical (unpaired) electrons. The zero-order chi connectivity index (χ0) is 15.2. The number of amides is 2. The maximum absolute atomic E-state index is 12.5. The van der Waals surface area contributed by atoms with E-state index in [1.165, 1.54) is 24.8 Å². The van der Waals surface area contributed by atoms with Crippen LogP contribution in [0.15, 0.2) is 30.3 Å². The van der Waals surface area contributed by atoms with E-state index in [0.29, 0.717) is 12.0 Å². The van der Waals surface area contributed by atoms with Crippen LogP contribution in [0.2, 0.25) is 0 Å². The number of urea groups is 1. The van der Waals surface area contributed by atoms with Crippen LogP contribution in [0.4, 0.5) is 4.79 Å². The number of benzene rings is 1. The topological polar surface area (TPSA) is 32.3 Å². The first kappa shape index (κ1) is 15.9. The number of hydrogen-bond acceptors (Lipinski definition) is 1. The molecule has 2 rings (SSSR count). The quantitative estimate of drug-likeness (QED) is 0.877. The molecule has 0 saturated heterocycles. The number of hydrogen-bond donors (Lipinski definition) is 1. The normalized spacial score (nSPS) is 17.5. The van der Waals surface area contributed by atoms with E-state index in [9.17, 15) is 4.79 Å². The highest BCUT2D eigenvalue weighted by atomic mass is 16.2. The summed E-state index contributed by atoms with van der Waals surface area (Å²) in [6.45, 7) is 4.30. The van der Waals surface area contributed by atoms with Crippen LogP contribution >= 0.6 is 0 Å². The van der Waals surface area contributed by atoms with E-state index >= 15 is 0 Å². The lowest BCUT2D eigenvalue weighted by molar-refractivity contribution is 0.167. The zero-order valence-corrected chi connectivity index (χ0v) is 13.5. The average Bonchev–Trinajstić information content (AvgIpc) is 2.53. The van der Waals surface area contributed by atoms with Crippen LogP contribution in [0.25, 0.3) is 0 Å². The first-order chi connectivity index (χ1) is 10.1. The van der Waals surface area contributed by atoms with Gasteiger partial charge in [-0.1, -0.05) is 63.4 Å². The largest absolute Gasteiger partial charge is 0.331 e. The van der Waals surface area contributed by atoms with Crippen molar-refractivity contribution in [2.24, 2.45) is 5.92 Å². The lowest BCUT2D eigenvalue weighted by atomic mass is 9.94. The molecule has 2 amide bonds. The Morgan fingerprint density at radius 3 is 2.33 bits per heavy atom. The molecule has 3 nitrogen and oxygen atoms in total. The average molecular weight is 288 g/mol. The summed E-state index contributed by atoms with van der Waals surface area (Å²) in [7, 11) is 1.94. The molecule has 1 fully saturated rings. The first-order valence-corrected chi connectivity index (χ1v) is 8.18. The molecule has 1 atom stereocenters. The number of carbonyl (C=O) groups excluding carboxylic acids is 1. The third-order valence-corrected chi connectivity index (χ3v) is 4.55. The van der Waals surface area contributed by atoms with Gasteiger partial charge in [-0.3, -0.25) is 0 Å². The Hall–Kier alpha value is -1.51. The molecule has 1 saturated carbocycles. The van der Waals surface area contributed by atoms with Crippen molar-refractivity contribution in [2.45, 2.75) is 58.0 Å². The molecule has 21 heavy (non-hydrogen) atoms. The predicted molar refractivity (Wildman–Crippen MR) is 87.2 cm³/mol. The smallest absolute Gasteiger partial charge is 0.317 e. The van der Waals surface area contributed by atoms with Crippen molar-refractivity contribution in [3.8, 4) is 0 Å². The van der Waals surface area contributed by atoms with E-state index in [4.69, 9.17) is 0 Å². The molecule has 1 aromatic rings. The van der Waals surface area contributed by atoms with Gasteiger partial charge in [-0.25, -0.2) is 4.79 Å². The molecular weight excluding hydrogens is 260 g/mol. The summed E-state index contributed by atoms with van der Waals surface area (Å²) in [5, 5.41) is 3.22. The molecule has 3 heteroatoms. The highest BCUT2D eigenvalue weighted by Gasteiger charge is 2.25. The molecule has 0 aromatic heterocycles. The number of nitrogens with zero attached hydrogens (tertiary/aromatic N) is 1. The summed E-state index contributed by atoms with van der Waals surface area (Å²) in [5.74, 6) is 0.371. The minimum absolute atomic E-state index is 0.0597. The van der Waals surface area contributed by atoms with Crippen LogP contribution < -0.4 is 5.32 Å². The Morgan fingerprint density at radius 2 is 1.76 bits per heavy atom. The summed E-state index contributed by atoms with van der Waals surface area (Å²) in [4.78, 5) is 14.5. The first-order valence-electron chi connectivity index (χ1n) is 8.18. The molecule has 1 N–H and O–H groups in total. The molecule has 0 aliphatic heterocycles. The van der Waals surface area contributed by atoms with E-state index in [2.05, 4.69) is 31.3 Å². The van der Waals surface area contributed by atoms with Gasteiger partial charge in [0.15, 0.2) is 0 Å². The predicted octanol–water partition coefficient (Wildman–Crippen LogP) is 4.36. The van der Waals surface area contributed by atoms with Gasteiger partial charge in [0, 0.05) is 13.1 Å². The van der Waals surface area contributed by atoms with E-state index in [1.54, 1.807) is 0 Å². The van der Waals surface area contributed by atoms with Gasteiger partial charge >= 0.3 is 6.03 Å². The zero-order valence-electron chi connectivity index (χ0n) is 13.5. The van der Waals surface area contributed by atoms with Crippen LogP contribution in [0, 0.1) is 5.92 Å². The third kappa shape index (κ3) is 4.23.